The van der Waals surface area contributed by atoms with Crippen molar-refractivity contribution < 1.29 is 18.0 Å². The first-order chi connectivity index (χ1) is 22.3. The standard InChI is InChI=1S/C35H35Cl4N3O4S/c1-4-24(3)40-35(44)33(16-25-8-6-5-7-9-25)41(21-26-12-13-27(36)20-32(26)39)34(43)22-42(30-18-28(37)17-29(38)19-30)47(45,46)31-14-10-23(2)11-15-31/h5-15,17-20,24,33H,4,16,21-22H2,1-3H3,(H,40,44)/t24-,33+/m0/s1. The van der Waals surface area contributed by atoms with Gasteiger partial charge in [-0.25, -0.2) is 8.42 Å². The average molecular weight is 736 g/mol. The summed E-state index contributed by atoms with van der Waals surface area (Å²) in [7, 11) is -4.32. The highest BCUT2D eigenvalue weighted by molar-refractivity contribution is 7.92. The number of benzene rings is 4. The summed E-state index contributed by atoms with van der Waals surface area (Å²) in [6, 6.07) is 23.5. The predicted octanol–water partition coefficient (Wildman–Crippen LogP) is 8.36. The third-order valence-corrected chi connectivity index (χ3v) is 10.5. The number of carbonyl (C=O) groups excluding carboxylic acids is 2. The molecule has 0 radical (unpaired) electrons. The molecule has 0 unspecified atom stereocenters. The lowest BCUT2D eigenvalue weighted by Crippen LogP contribution is -2.54. The molecule has 0 saturated heterocycles. The molecule has 4 aromatic rings. The molecule has 47 heavy (non-hydrogen) atoms. The molecule has 2 atom stereocenters. The van der Waals surface area contributed by atoms with Crippen LogP contribution in [-0.2, 0) is 32.6 Å². The predicted molar refractivity (Wildman–Crippen MR) is 191 cm³/mol. The van der Waals surface area contributed by atoms with E-state index in [2.05, 4.69) is 5.32 Å². The third kappa shape index (κ3) is 9.64. The number of anilines is 1. The second kappa shape index (κ2) is 16.2. The first-order valence-corrected chi connectivity index (χ1v) is 17.9. The Kier molecular flexibility index (Phi) is 12.6. The van der Waals surface area contributed by atoms with E-state index in [-0.39, 0.29) is 45.5 Å². The van der Waals surface area contributed by atoms with Crippen LogP contribution in [0.2, 0.25) is 20.1 Å². The number of hydrogen-bond donors (Lipinski definition) is 1. The molecule has 0 bridgehead atoms. The van der Waals surface area contributed by atoms with Gasteiger partial charge in [-0.15, -0.1) is 0 Å². The molecule has 12 heteroatoms. The van der Waals surface area contributed by atoms with Crippen LogP contribution < -0.4 is 9.62 Å². The maximum absolute atomic E-state index is 14.6. The van der Waals surface area contributed by atoms with Crippen LogP contribution in [0.5, 0.6) is 0 Å². The fourth-order valence-electron chi connectivity index (χ4n) is 4.88. The van der Waals surface area contributed by atoms with Gasteiger partial charge < -0.3 is 10.2 Å². The van der Waals surface area contributed by atoms with Crippen molar-refractivity contribution in [3.05, 3.63) is 128 Å². The Morgan fingerprint density at radius 3 is 2.06 bits per heavy atom. The van der Waals surface area contributed by atoms with E-state index in [1.807, 2.05) is 51.1 Å². The smallest absolute Gasteiger partial charge is 0.264 e. The second-order valence-corrected chi connectivity index (χ2v) is 14.8. The number of nitrogens with one attached hydrogen (secondary N) is 1. The zero-order chi connectivity index (χ0) is 34.3. The Morgan fingerprint density at radius 2 is 1.47 bits per heavy atom. The van der Waals surface area contributed by atoms with Gasteiger partial charge in [0.15, 0.2) is 0 Å². The molecule has 0 aliphatic heterocycles. The maximum Gasteiger partial charge on any atom is 0.264 e. The lowest BCUT2D eigenvalue weighted by atomic mass is 10.0. The maximum atomic E-state index is 14.6. The molecular formula is C35H35Cl4N3O4S. The van der Waals surface area contributed by atoms with Crippen molar-refractivity contribution in [1.29, 1.82) is 0 Å². The van der Waals surface area contributed by atoms with Crippen molar-refractivity contribution in [2.24, 2.45) is 0 Å². The number of rotatable bonds is 13. The Morgan fingerprint density at radius 1 is 0.830 bits per heavy atom. The Bertz CT molecular complexity index is 1800. The molecule has 0 aliphatic carbocycles. The normalized spacial score (nSPS) is 12.7. The number of nitrogens with zero attached hydrogens (tertiary/aromatic N) is 2. The minimum atomic E-state index is -4.32. The van der Waals surface area contributed by atoms with Crippen LogP contribution in [0.25, 0.3) is 0 Å². The third-order valence-electron chi connectivity index (χ3n) is 7.65. The number of halogens is 4. The average Bonchev–Trinajstić information content (AvgIpc) is 3.02. The van der Waals surface area contributed by atoms with Crippen molar-refractivity contribution in [3.63, 3.8) is 0 Å². The number of sulfonamides is 1. The van der Waals surface area contributed by atoms with Gasteiger partial charge in [0.2, 0.25) is 11.8 Å². The molecule has 2 amide bonds. The summed E-state index contributed by atoms with van der Waals surface area (Å²) in [5.74, 6) is -1.04. The molecule has 0 heterocycles. The molecule has 0 saturated carbocycles. The SMILES string of the molecule is CC[C@H](C)NC(=O)[C@@H](Cc1ccccc1)N(Cc1ccc(Cl)cc1Cl)C(=O)CN(c1cc(Cl)cc(Cl)c1)S(=O)(=O)c1ccc(C)cc1. The lowest BCUT2D eigenvalue weighted by molar-refractivity contribution is -0.140. The van der Waals surface area contributed by atoms with Gasteiger partial charge in [-0.3, -0.25) is 13.9 Å². The number of amides is 2. The monoisotopic (exact) mass is 733 g/mol. The van der Waals surface area contributed by atoms with Gasteiger partial charge in [-0.05, 0) is 73.9 Å². The van der Waals surface area contributed by atoms with Gasteiger partial charge in [0.1, 0.15) is 12.6 Å². The molecule has 248 valence electrons. The highest BCUT2D eigenvalue weighted by Gasteiger charge is 2.35. The number of aryl methyl sites for hydroxylation is 1. The second-order valence-electron chi connectivity index (χ2n) is 11.2. The number of hydrogen-bond acceptors (Lipinski definition) is 4. The Labute approximate surface area is 296 Å². The van der Waals surface area contributed by atoms with Gasteiger partial charge in [-0.1, -0.05) is 107 Å². The molecule has 0 fully saturated rings. The van der Waals surface area contributed by atoms with Crippen LogP contribution in [0.15, 0.2) is 95.9 Å². The molecule has 0 aliphatic rings. The van der Waals surface area contributed by atoms with E-state index in [0.717, 1.165) is 15.4 Å². The largest absolute Gasteiger partial charge is 0.352 e. The van der Waals surface area contributed by atoms with Crippen molar-refractivity contribution in [3.8, 4) is 0 Å². The fourth-order valence-corrected chi connectivity index (χ4v) is 7.26. The first kappa shape index (κ1) is 36.6. The molecule has 7 nitrogen and oxygen atoms in total. The van der Waals surface area contributed by atoms with E-state index in [1.54, 1.807) is 30.3 Å². The van der Waals surface area contributed by atoms with Gasteiger partial charge in [0.05, 0.1) is 10.6 Å². The summed E-state index contributed by atoms with van der Waals surface area (Å²) in [5.41, 5.74) is 2.28. The number of carbonyl (C=O) groups is 2. The Balaban J connectivity index is 1.85. The molecule has 0 spiro atoms. The molecule has 0 aromatic heterocycles. The van der Waals surface area contributed by atoms with Gasteiger partial charge in [-0.2, -0.15) is 0 Å². The summed E-state index contributed by atoms with van der Waals surface area (Å²) >= 11 is 25.4. The van der Waals surface area contributed by atoms with Gasteiger partial charge >= 0.3 is 0 Å². The van der Waals surface area contributed by atoms with Crippen molar-refractivity contribution in [2.45, 2.75) is 57.1 Å². The van der Waals surface area contributed by atoms with Crippen LogP contribution in [0, 0.1) is 6.92 Å². The molecular weight excluding hydrogens is 700 g/mol. The van der Waals surface area contributed by atoms with E-state index in [9.17, 15) is 18.0 Å². The van der Waals surface area contributed by atoms with Crippen LogP contribution >= 0.6 is 46.4 Å². The van der Waals surface area contributed by atoms with Crippen LogP contribution in [-0.4, -0.2) is 43.8 Å². The first-order valence-electron chi connectivity index (χ1n) is 14.9. The quantitative estimate of drug-likeness (QED) is 0.150. The van der Waals surface area contributed by atoms with Crippen molar-refractivity contribution in [2.75, 3.05) is 10.8 Å². The Hall–Kier alpha value is -3.27. The van der Waals surface area contributed by atoms with E-state index < -0.39 is 28.5 Å². The zero-order valence-electron chi connectivity index (χ0n) is 26.1. The lowest BCUT2D eigenvalue weighted by Gasteiger charge is -2.34. The van der Waals surface area contributed by atoms with Crippen molar-refractivity contribution in [1.82, 2.24) is 10.2 Å². The van der Waals surface area contributed by atoms with Gasteiger partial charge in [0, 0.05) is 39.1 Å². The minimum Gasteiger partial charge on any atom is -0.352 e. The highest BCUT2D eigenvalue weighted by Crippen LogP contribution is 2.31. The summed E-state index contributed by atoms with van der Waals surface area (Å²) in [4.78, 5) is 29.9. The van der Waals surface area contributed by atoms with E-state index in [4.69, 9.17) is 46.4 Å². The topological polar surface area (TPSA) is 86.8 Å². The molecule has 4 aromatic carbocycles. The molecule has 1 N–H and O–H groups in total. The molecule has 4 rings (SSSR count). The van der Waals surface area contributed by atoms with Crippen LogP contribution in [0.3, 0.4) is 0 Å². The zero-order valence-corrected chi connectivity index (χ0v) is 29.9. The van der Waals surface area contributed by atoms with Gasteiger partial charge in [0.25, 0.3) is 10.0 Å². The van der Waals surface area contributed by atoms with Crippen LogP contribution in [0.1, 0.15) is 37.0 Å². The van der Waals surface area contributed by atoms with E-state index in [0.29, 0.717) is 22.0 Å². The van der Waals surface area contributed by atoms with E-state index >= 15 is 0 Å². The summed E-state index contributed by atoms with van der Waals surface area (Å²) in [6.45, 7) is 4.89. The van der Waals surface area contributed by atoms with Crippen molar-refractivity contribution >= 4 is 73.9 Å². The fraction of sp³-hybridized carbons (Fsp3) is 0.257. The summed E-state index contributed by atoms with van der Waals surface area (Å²) in [6.07, 6.45) is 0.826. The summed E-state index contributed by atoms with van der Waals surface area (Å²) in [5, 5.41) is 4.07. The summed E-state index contributed by atoms with van der Waals surface area (Å²) < 4.78 is 29.4. The minimum absolute atomic E-state index is 0.0327. The highest BCUT2D eigenvalue weighted by atomic mass is 35.5. The van der Waals surface area contributed by atoms with E-state index in [1.165, 1.54) is 35.2 Å². The van der Waals surface area contributed by atoms with Crippen LogP contribution in [0.4, 0.5) is 5.69 Å².